The molecule has 1 amide bonds. The van der Waals surface area contributed by atoms with E-state index < -0.39 is 0 Å². The Hall–Kier alpha value is -1.43. The van der Waals surface area contributed by atoms with Crippen LogP contribution in [0.1, 0.15) is 52.0 Å². The SMILES string of the molecule is CCO[C@@H]1C[C@H](NC(=O)[C@@H](C)n2cncn2)C12CCCC2. The second-order valence-corrected chi connectivity index (χ2v) is 6.23. The van der Waals surface area contributed by atoms with Gasteiger partial charge in [0.25, 0.3) is 0 Å². The molecule has 1 aromatic heterocycles. The van der Waals surface area contributed by atoms with E-state index in [1.54, 1.807) is 11.0 Å². The summed E-state index contributed by atoms with van der Waals surface area (Å²) in [7, 11) is 0. The lowest BCUT2D eigenvalue weighted by Gasteiger charge is -2.54. The van der Waals surface area contributed by atoms with Crippen LogP contribution in [0.2, 0.25) is 0 Å². The van der Waals surface area contributed by atoms with E-state index in [0.717, 1.165) is 13.0 Å². The van der Waals surface area contributed by atoms with Crippen molar-refractivity contribution in [1.82, 2.24) is 20.1 Å². The summed E-state index contributed by atoms with van der Waals surface area (Å²) in [6.07, 6.45) is 9.11. The highest BCUT2D eigenvalue weighted by Crippen LogP contribution is 2.54. The van der Waals surface area contributed by atoms with Crippen molar-refractivity contribution in [3.05, 3.63) is 12.7 Å². The molecule has 116 valence electrons. The van der Waals surface area contributed by atoms with Gasteiger partial charge in [0, 0.05) is 18.1 Å². The zero-order valence-corrected chi connectivity index (χ0v) is 12.8. The first-order valence-corrected chi connectivity index (χ1v) is 7.93. The lowest BCUT2D eigenvalue weighted by Crippen LogP contribution is -2.64. The van der Waals surface area contributed by atoms with Crippen molar-refractivity contribution in [3.63, 3.8) is 0 Å². The third kappa shape index (κ3) is 2.46. The largest absolute Gasteiger partial charge is 0.378 e. The molecule has 2 saturated carbocycles. The standard InChI is InChI=1S/C15H24N4O2/c1-3-21-13-8-12(15(13)6-4-5-7-15)18-14(20)11(2)19-10-16-9-17-19/h9-13H,3-8H2,1-2H3,(H,18,20)/t11-,12+,13-/m1/s1. The Morgan fingerprint density at radius 3 is 2.90 bits per heavy atom. The van der Waals surface area contributed by atoms with Crippen LogP contribution in [-0.4, -0.2) is 39.4 Å². The van der Waals surface area contributed by atoms with Crippen molar-refractivity contribution in [1.29, 1.82) is 0 Å². The highest BCUT2D eigenvalue weighted by molar-refractivity contribution is 5.80. The maximum Gasteiger partial charge on any atom is 0.244 e. The Bertz CT molecular complexity index is 482. The Morgan fingerprint density at radius 2 is 2.29 bits per heavy atom. The predicted molar refractivity (Wildman–Crippen MR) is 77.6 cm³/mol. The molecule has 6 heteroatoms. The summed E-state index contributed by atoms with van der Waals surface area (Å²) in [4.78, 5) is 16.3. The molecular weight excluding hydrogens is 268 g/mol. The van der Waals surface area contributed by atoms with E-state index in [-0.39, 0.29) is 23.4 Å². The van der Waals surface area contributed by atoms with Gasteiger partial charge in [0.05, 0.1) is 6.10 Å². The fraction of sp³-hybridized carbons (Fsp3) is 0.800. The summed E-state index contributed by atoms with van der Waals surface area (Å²) in [5.41, 5.74) is 0.174. The summed E-state index contributed by atoms with van der Waals surface area (Å²) in [6, 6.07) is -0.0767. The van der Waals surface area contributed by atoms with Crippen LogP contribution in [0.25, 0.3) is 0 Å². The number of rotatable bonds is 5. The Balaban J connectivity index is 1.64. The summed E-state index contributed by atoms with van der Waals surface area (Å²) in [5, 5.41) is 7.26. The van der Waals surface area contributed by atoms with Crippen molar-refractivity contribution >= 4 is 5.91 Å². The molecule has 0 aromatic carbocycles. The number of nitrogens with one attached hydrogen (secondary N) is 1. The molecule has 3 atom stereocenters. The fourth-order valence-electron chi connectivity index (χ4n) is 3.92. The van der Waals surface area contributed by atoms with Crippen LogP contribution in [0, 0.1) is 5.41 Å². The second-order valence-electron chi connectivity index (χ2n) is 6.23. The minimum absolute atomic E-state index is 0.0201. The van der Waals surface area contributed by atoms with Gasteiger partial charge in [-0.3, -0.25) is 4.79 Å². The number of carbonyl (C=O) groups excluding carboxylic acids is 1. The lowest BCUT2D eigenvalue weighted by atomic mass is 9.60. The Labute approximate surface area is 125 Å². The van der Waals surface area contributed by atoms with Crippen LogP contribution in [0.3, 0.4) is 0 Å². The molecule has 0 bridgehead atoms. The van der Waals surface area contributed by atoms with Gasteiger partial charge in [0.1, 0.15) is 18.7 Å². The molecule has 1 aromatic rings. The van der Waals surface area contributed by atoms with Crippen LogP contribution in [0.4, 0.5) is 0 Å². The van der Waals surface area contributed by atoms with Crippen molar-refractivity contribution < 1.29 is 9.53 Å². The maximum absolute atomic E-state index is 12.4. The van der Waals surface area contributed by atoms with E-state index in [1.165, 1.54) is 32.0 Å². The minimum Gasteiger partial charge on any atom is -0.378 e. The number of aromatic nitrogens is 3. The van der Waals surface area contributed by atoms with Crippen LogP contribution < -0.4 is 5.32 Å². The molecule has 2 aliphatic carbocycles. The van der Waals surface area contributed by atoms with E-state index in [9.17, 15) is 4.79 Å². The van der Waals surface area contributed by atoms with Gasteiger partial charge in [0.15, 0.2) is 0 Å². The first-order valence-electron chi connectivity index (χ1n) is 7.93. The normalized spacial score (nSPS) is 28.3. The summed E-state index contributed by atoms with van der Waals surface area (Å²) in [6.45, 7) is 4.65. The molecular formula is C15H24N4O2. The number of nitrogens with zero attached hydrogens (tertiary/aromatic N) is 3. The Kier molecular flexibility index (Phi) is 3.97. The number of hydrogen-bond donors (Lipinski definition) is 1. The second kappa shape index (κ2) is 5.75. The van der Waals surface area contributed by atoms with E-state index in [4.69, 9.17) is 4.74 Å². The summed E-state index contributed by atoms with van der Waals surface area (Å²) < 4.78 is 7.47. The monoisotopic (exact) mass is 292 g/mol. The lowest BCUT2D eigenvalue weighted by molar-refractivity contribution is -0.146. The fourth-order valence-corrected chi connectivity index (χ4v) is 3.92. The van der Waals surface area contributed by atoms with Gasteiger partial charge < -0.3 is 10.1 Å². The van der Waals surface area contributed by atoms with Gasteiger partial charge in [0.2, 0.25) is 5.91 Å². The molecule has 6 nitrogen and oxygen atoms in total. The van der Waals surface area contributed by atoms with Crippen LogP contribution in [0.5, 0.6) is 0 Å². The summed E-state index contributed by atoms with van der Waals surface area (Å²) in [5.74, 6) is 0.0201. The average Bonchev–Trinajstić information content (AvgIpc) is 3.17. The summed E-state index contributed by atoms with van der Waals surface area (Å²) >= 11 is 0. The quantitative estimate of drug-likeness (QED) is 0.896. The molecule has 1 spiro atoms. The van der Waals surface area contributed by atoms with Crippen LogP contribution in [-0.2, 0) is 9.53 Å². The van der Waals surface area contributed by atoms with Gasteiger partial charge >= 0.3 is 0 Å². The predicted octanol–water partition coefficient (Wildman–Crippen LogP) is 1.69. The van der Waals surface area contributed by atoms with Crippen molar-refractivity contribution in [2.45, 2.75) is 64.1 Å². The molecule has 1 N–H and O–H groups in total. The topological polar surface area (TPSA) is 69.0 Å². The third-order valence-electron chi connectivity index (χ3n) is 5.22. The molecule has 0 radical (unpaired) electrons. The molecule has 1 heterocycles. The van der Waals surface area contributed by atoms with E-state index in [0.29, 0.717) is 6.10 Å². The molecule has 2 aliphatic rings. The van der Waals surface area contributed by atoms with Gasteiger partial charge in [-0.1, -0.05) is 12.8 Å². The minimum atomic E-state index is -0.322. The van der Waals surface area contributed by atoms with Crippen LogP contribution >= 0.6 is 0 Å². The molecule has 0 saturated heterocycles. The van der Waals surface area contributed by atoms with E-state index in [2.05, 4.69) is 15.4 Å². The number of hydrogen-bond acceptors (Lipinski definition) is 4. The van der Waals surface area contributed by atoms with Crippen molar-refractivity contribution in [2.75, 3.05) is 6.61 Å². The maximum atomic E-state index is 12.4. The highest BCUT2D eigenvalue weighted by atomic mass is 16.5. The van der Waals surface area contributed by atoms with Crippen molar-refractivity contribution in [2.24, 2.45) is 5.41 Å². The van der Waals surface area contributed by atoms with Gasteiger partial charge in [-0.15, -0.1) is 0 Å². The molecule has 2 fully saturated rings. The van der Waals surface area contributed by atoms with Crippen molar-refractivity contribution in [3.8, 4) is 0 Å². The number of carbonyl (C=O) groups is 1. The van der Waals surface area contributed by atoms with Gasteiger partial charge in [-0.05, 0) is 33.1 Å². The van der Waals surface area contributed by atoms with Gasteiger partial charge in [-0.25, -0.2) is 9.67 Å². The Morgan fingerprint density at radius 1 is 1.52 bits per heavy atom. The first-order chi connectivity index (χ1) is 10.2. The molecule has 0 unspecified atom stereocenters. The zero-order valence-electron chi connectivity index (χ0n) is 12.8. The van der Waals surface area contributed by atoms with E-state index in [1.807, 2.05) is 13.8 Å². The highest BCUT2D eigenvalue weighted by Gasteiger charge is 2.57. The zero-order chi connectivity index (χ0) is 14.9. The average molecular weight is 292 g/mol. The molecule has 0 aliphatic heterocycles. The van der Waals surface area contributed by atoms with Gasteiger partial charge in [-0.2, -0.15) is 5.10 Å². The van der Waals surface area contributed by atoms with E-state index >= 15 is 0 Å². The smallest absolute Gasteiger partial charge is 0.244 e. The molecule has 3 rings (SSSR count). The first kappa shape index (κ1) is 14.5. The number of amides is 1. The third-order valence-corrected chi connectivity index (χ3v) is 5.22. The van der Waals surface area contributed by atoms with Crippen LogP contribution in [0.15, 0.2) is 12.7 Å². The molecule has 21 heavy (non-hydrogen) atoms. The number of ether oxygens (including phenoxy) is 1.